The van der Waals surface area contributed by atoms with Crippen molar-refractivity contribution in [1.82, 2.24) is 10.2 Å². The molecule has 1 fully saturated rings. The fourth-order valence-electron chi connectivity index (χ4n) is 3.42. The van der Waals surface area contributed by atoms with Gasteiger partial charge in [0, 0.05) is 40.8 Å². The lowest BCUT2D eigenvalue weighted by molar-refractivity contribution is -0.689. The quantitative estimate of drug-likeness (QED) is 0.206. The first kappa shape index (κ1) is 20.6. The second kappa shape index (κ2) is 8.60. The van der Waals surface area contributed by atoms with E-state index in [1.165, 1.54) is 23.9 Å². The Morgan fingerprint density at radius 3 is 2.55 bits per heavy atom. The Hall–Kier alpha value is -3.66. The molecule has 1 aromatic carbocycles. The zero-order valence-electron chi connectivity index (χ0n) is 16.2. The summed E-state index contributed by atoms with van der Waals surface area (Å²) < 4.78 is 1.81. The van der Waals surface area contributed by atoms with Crippen LogP contribution in [0.4, 0.5) is 0 Å². The average molecular weight is 438 g/mol. The minimum absolute atomic E-state index is 0.0982. The molecule has 1 saturated heterocycles. The molecule has 0 radical (unpaired) electrons. The molecule has 2 aliphatic rings. The van der Waals surface area contributed by atoms with Crippen LogP contribution in [0.5, 0.6) is 0 Å². The molecule has 1 aromatic heterocycles. The number of aromatic carboxylic acids is 1. The third-order valence-electron chi connectivity index (χ3n) is 5.00. The van der Waals surface area contributed by atoms with Crippen molar-refractivity contribution in [3.05, 3.63) is 77.8 Å². The molecule has 2 atom stereocenters. The minimum atomic E-state index is -1.23. The van der Waals surface area contributed by atoms with Crippen LogP contribution in [-0.2, 0) is 16.1 Å². The zero-order valence-corrected chi connectivity index (χ0v) is 17.0. The molecule has 10 heteroatoms. The summed E-state index contributed by atoms with van der Waals surface area (Å²) >= 11 is 1.52. The van der Waals surface area contributed by atoms with Crippen molar-refractivity contribution in [1.29, 1.82) is 0 Å². The largest absolute Gasteiger partial charge is 0.545 e. The first-order chi connectivity index (χ1) is 15.0. The van der Waals surface area contributed by atoms with Crippen LogP contribution < -0.4 is 15.0 Å². The lowest BCUT2D eigenvalue weighted by atomic mass is 10.0. The number of benzene rings is 1. The van der Waals surface area contributed by atoms with Crippen LogP contribution in [0.25, 0.3) is 0 Å². The molecule has 31 heavy (non-hydrogen) atoms. The van der Waals surface area contributed by atoms with Gasteiger partial charge in [-0.15, -0.1) is 11.8 Å². The van der Waals surface area contributed by atoms with Gasteiger partial charge in [0.15, 0.2) is 24.7 Å². The van der Waals surface area contributed by atoms with E-state index in [4.69, 9.17) is 0 Å². The van der Waals surface area contributed by atoms with Gasteiger partial charge in [0.1, 0.15) is 11.4 Å². The van der Waals surface area contributed by atoms with E-state index in [1.807, 2.05) is 4.57 Å². The molecule has 2 N–H and O–H groups in total. The van der Waals surface area contributed by atoms with E-state index >= 15 is 0 Å². The fourth-order valence-corrected chi connectivity index (χ4v) is 4.67. The van der Waals surface area contributed by atoms with Crippen molar-refractivity contribution in [3.8, 4) is 0 Å². The summed E-state index contributed by atoms with van der Waals surface area (Å²) in [6, 6.07) is 10.7. The number of fused-ring (bicyclic) bond motifs is 1. The molecular formula is C21H18N4O5S. The number of oxime groups is 1. The number of hydrogen-bond acceptors (Lipinski definition) is 7. The normalized spacial score (nSPS) is 20.4. The number of carboxylic acid groups (broad SMARTS) is 1. The monoisotopic (exact) mass is 438 g/mol. The highest BCUT2D eigenvalue weighted by atomic mass is 32.2. The number of carbonyl (C=O) groups excluding carboxylic acids is 3. The van der Waals surface area contributed by atoms with Gasteiger partial charge in [-0.05, 0) is 0 Å². The van der Waals surface area contributed by atoms with Crippen molar-refractivity contribution < 1.29 is 29.3 Å². The number of carboxylic acids is 1. The first-order valence-electron chi connectivity index (χ1n) is 9.40. The Bertz CT molecular complexity index is 1080. The Morgan fingerprint density at radius 1 is 1.19 bits per heavy atom. The van der Waals surface area contributed by atoms with E-state index < -0.39 is 17.9 Å². The topological polar surface area (TPSA) is 126 Å². The number of nitrogens with zero attached hydrogens (tertiary/aromatic N) is 3. The van der Waals surface area contributed by atoms with Crippen LogP contribution in [0.3, 0.4) is 0 Å². The van der Waals surface area contributed by atoms with Gasteiger partial charge >= 0.3 is 0 Å². The Kier molecular flexibility index (Phi) is 5.72. The molecule has 0 saturated carbocycles. The van der Waals surface area contributed by atoms with Crippen molar-refractivity contribution >= 4 is 35.3 Å². The molecular weight excluding hydrogens is 420 g/mol. The van der Waals surface area contributed by atoms with Gasteiger partial charge in [0.2, 0.25) is 0 Å². The van der Waals surface area contributed by atoms with Gasteiger partial charge in [-0.1, -0.05) is 35.5 Å². The maximum Gasteiger partial charge on any atom is 0.274 e. The number of nitrogens with one attached hydrogen (secondary N) is 1. The summed E-state index contributed by atoms with van der Waals surface area (Å²) in [6.07, 6.45) is 5.05. The van der Waals surface area contributed by atoms with Gasteiger partial charge in [0.25, 0.3) is 11.8 Å². The molecule has 2 amide bonds. The fraction of sp³-hybridized carbons (Fsp3) is 0.190. The number of thioether (sulfide) groups is 1. The maximum atomic E-state index is 12.6. The number of carbonyl (C=O) groups is 3. The van der Waals surface area contributed by atoms with Crippen LogP contribution in [0.1, 0.15) is 15.9 Å². The molecule has 0 aliphatic carbocycles. The van der Waals surface area contributed by atoms with Gasteiger partial charge in [0.05, 0.1) is 5.97 Å². The highest BCUT2D eigenvalue weighted by molar-refractivity contribution is 8.00. The summed E-state index contributed by atoms with van der Waals surface area (Å²) in [5.74, 6) is -1.45. The third-order valence-corrected chi connectivity index (χ3v) is 6.38. The summed E-state index contributed by atoms with van der Waals surface area (Å²) in [5.41, 5.74) is 1.38. The molecule has 158 valence electrons. The summed E-state index contributed by atoms with van der Waals surface area (Å²) in [7, 11) is 0. The van der Waals surface area contributed by atoms with Gasteiger partial charge in [-0.3, -0.25) is 9.59 Å². The number of pyridine rings is 1. The molecule has 3 heterocycles. The molecule has 2 aliphatic heterocycles. The highest BCUT2D eigenvalue weighted by Gasteiger charge is 2.50. The minimum Gasteiger partial charge on any atom is -0.545 e. The maximum absolute atomic E-state index is 12.6. The lowest BCUT2D eigenvalue weighted by Crippen LogP contribution is -2.69. The summed E-state index contributed by atoms with van der Waals surface area (Å²) in [6.45, 7) is 0.503. The van der Waals surface area contributed by atoms with Crippen LogP contribution in [0.15, 0.2) is 71.8 Å². The van der Waals surface area contributed by atoms with Crippen LogP contribution in [0, 0.1) is 0 Å². The van der Waals surface area contributed by atoms with Crippen molar-refractivity contribution in [2.45, 2.75) is 18.0 Å². The number of aromatic nitrogens is 1. The van der Waals surface area contributed by atoms with E-state index in [-0.39, 0.29) is 22.6 Å². The van der Waals surface area contributed by atoms with Crippen molar-refractivity contribution in [3.63, 3.8) is 0 Å². The summed E-state index contributed by atoms with van der Waals surface area (Å²) in [4.78, 5) is 37.5. The molecule has 9 nitrogen and oxygen atoms in total. The lowest BCUT2D eigenvalue weighted by Gasteiger charge is -2.47. The van der Waals surface area contributed by atoms with Crippen LogP contribution in [0.2, 0.25) is 0 Å². The molecule has 0 spiro atoms. The average Bonchev–Trinajstić information content (AvgIpc) is 2.79. The second-order valence-corrected chi connectivity index (χ2v) is 8.15. The first-order valence-corrected chi connectivity index (χ1v) is 10.4. The predicted octanol–water partition coefficient (Wildman–Crippen LogP) is -0.500. The Balaban J connectivity index is 1.39. The van der Waals surface area contributed by atoms with Gasteiger partial charge < -0.3 is 25.3 Å². The van der Waals surface area contributed by atoms with Crippen molar-refractivity contribution in [2.24, 2.45) is 5.16 Å². The van der Waals surface area contributed by atoms with E-state index in [0.29, 0.717) is 17.9 Å². The van der Waals surface area contributed by atoms with E-state index in [9.17, 15) is 24.7 Å². The zero-order chi connectivity index (χ0) is 22.0. The van der Waals surface area contributed by atoms with E-state index in [1.54, 1.807) is 53.8 Å². The van der Waals surface area contributed by atoms with Crippen LogP contribution in [-0.4, -0.2) is 50.8 Å². The third kappa shape index (κ3) is 4.15. The second-order valence-electron chi connectivity index (χ2n) is 7.05. The highest BCUT2D eigenvalue weighted by Crippen LogP contribution is 2.36. The number of hydrogen-bond donors (Lipinski definition) is 2. The smallest absolute Gasteiger partial charge is 0.274 e. The SMILES string of the molecule is O=C(N[C@@H]1C(=O)N2C=C(C[n+]3ccc(C(=O)[O-])cc3)CS[C@H]12)/C(=N/O)c1ccccc1. The number of amides is 2. The van der Waals surface area contributed by atoms with E-state index in [0.717, 1.165) is 5.57 Å². The number of rotatable bonds is 6. The predicted molar refractivity (Wildman–Crippen MR) is 109 cm³/mol. The number of β-lactam (4-membered cyclic amide) rings is 1. The molecule has 0 unspecified atom stereocenters. The van der Waals surface area contributed by atoms with E-state index in [2.05, 4.69) is 10.5 Å². The molecule has 2 aromatic rings. The molecule has 4 rings (SSSR count). The Labute approximate surface area is 181 Å². The molecule has 0 bridgehead atoms. The van der Waals surface area contributed by atoms with Gasteiger partial charge in [-0.2, -0.15) is 0 Å². The Morgan fingerprint density at radius 2 is 1.90 bits per heavy atom. The van der Waals surface area contributed by atoms with Crippen molar-refractivity contribution in [2.75, 3.05) is 5.75 Å². The summed E-state index contributed by atoms with van der Waals surface area (Å²) in [5, 5.41) is 25.6. The standard InChI is InChI=1S/C21H18N4O5S/c26-18(16(23-30)14-4-2-1-3-5-14)22-17-19(27)25-11-13(12-31-20(17)25)10-24-8-6-15(7-9-24)21(28)29/h1-9,11,17,20H,10,12H2,(H2-,22,26,28,29,30)/t17-,20-/m1/s1. The van der Waals surface area contributed by atoms with Gasteiger partial charge in [-0.25, -0.2) is 4.57 Å². The van der Waals surface area contributed by atoms with Crippen LogP contribution >= 0.6 is 11.8 Å².